The highest BCUT2D eigenvalue weighted by Gasteiger charge is 2.18. The number of carbonyl (C=O) groups is 3. The van der Waals surface area contributed by atoms with Gasteiger partial charge < -0.3 is 103 Å². The SMILES string of the molecule is NCCCC(=O)c1cc(C(=O)CCCN)cc(C(=O)NCCO)c1.OCC/C=C/c1cc(/C=C/CCO)cc(/C=C/CCO)c1.OCCCC(=S)c1cc(C(=S)CCCO)cc(C(=S)NCCO)c1.OCCCCc1cc(CCCCO)cc(CCCCO)c1.OCCCOc1cc(OCCCO)cc(OCCCO)c1. The van der Waals surface area contributed by atoms with Crippen LogP contribution in [0.25, 0.3) is 18.2 Å². The Morgan fingerprint density at radius 3 is 0.955 bits per heavy atom. The summed E-state index contributed by atoms with van der Waals surface area (Å²) in [5.41, 5.74) is 21.5. The third-order valence-corrected chi connectivity index (χ3v) is 17.2. The third-order valence-electron chi connectivity index (χ3n) is 15.9. The fourth-order valence-electron chi connectivity index (χ4n) is 10.3. The number of Topliss-reactive ketones (excluding diaryl/α,β-unsaturated/α-hetero) is 2. The molecule has 26 heteroatoms. The summed E-state index contributed by atoms with van der Waals surface area (Å²) < 4.78 is 16.6. The van der Waals surface area contributed by atoms with Gasteiger partial charge in [-0.2, -0.15) is 0 Å². The molecule has 0 aliphatic heterocycles. The molecule has 5 rings (SSSR count). The van der Waals surface area contributed by atoms with E-state index in [4.69, 9.17) is 129 Å². The summed E-state index contributed by atoms with van der Waals surface area (Å²) in [6.07, 6.45) is 28.1. The van der Waals surface area contributed by atoms with E-state index in [9.17, 15) is 14.4 Å². The van der Waals surface area contributed by atoms with E-state index in [1.54, 1.807) is 18.2 Å². The van der Waals surface area contributed by atoms with Gasteiger partial charge in [0.25, 0.3) is 5.91 Å². The van der Waals surface area contributed by atoms with Crippen LogP contribution in [0, 0.1) is 0 Å². The molecule has 0 spiro atoms. The van der Waals surface area contributed by atoms with E-state index in [0.717, 1.165) is 101 Å². The molecule has 19 N–H and O–H groups in total. The second-order valence-electron chi connectivity index (χ2n) is 25.5. The second-order valence-corrected chi connectivity index (χ2v) is 26.9. The van der Waals surface area contributed by atoms with Crippen LogP contribution in [0.1, 0.15) is 210 Å². The predicted molar refractivity (Wildman–Crippen MR) is 454 cm³/mol. The van der Waals surface area contributed by atoms with Crippen molar-refractivity contribution in [1.82, 2.24) is 10.6 Å². The molecule has 5 aromatic rings. The Morgan fingerprint density at radius 1 is 0.324 bits per heavy atom. The number of ketones is 2. The lowest BCUT2D eigenvalue weighted by Crippen LogP contribution is -2.27. The third kappa shape index (κ3) is 49.3. The first-order valence-corrected chi connectivity index (χ1v) is 39.8. The number of aliphatic hydroxyl groups is 13. The zero-order valence-corrected chi connectivity index (χ0v) is 67.1. The average molecular weight is 1600 g/mol. The lowest BCUT2D eigenvalue weighted by atomic mass is 9.96. The van der Waals surface area contributed by atoms with Gasteiger partial charge >= 0.3 is 0 Å². The van der Waals surface area contributed by atoms with Gasteiger partial charge in [-0.05, 0) is 228 Å². The standard InChI is InChI=1S/C18H30O3.C18H24O3.C17H25N3O4.C17H23NO3S3.C15H24O6/c2*19-10-4-1-7-16-13-17(8-2-5-11-20)15-18(14-16)9-3-6-12-21;18-5-1-3-15(22)12-9-13(16(23)4-2-6-19)11-14(10-12)17(24)20-7-8-21;19-6-1-3-15(22)12-9-13(16(23)4-2-7-20)11-14(10-12)17(24)18-5-8-21;16-4-1-7-19-13-10-14(20-8-2-5-17)12-15(11-13)21-9-3-6-18/h13-15,19-21H,1-12H2;1-3,7-9,13-15,19-21H,4-6,10-12H2;9-11,21H,1-8,18-19H2,(H,20,24);9-11,19-21H,1-8H2,(H,18,24);10-12,16-18H,1-9H2/b;7-1+,8-2+,9-3+;;;. The molecule has 0 saturated heterocycles. The van der Waals surface area contributed by atoms with Crippen LogP contribution in [0.5, 0.6) is 17.2 Å². The highest BCUT2D eigenvalue weighted by atomic mass is 32.1. The predicted octanol–water partition coefficient (Wildman–Crippen LogP) is 8.65. The highest BCUT2D eigenvalue weighted by molar-refractivity contribution is 7.81. The maximum absolute atomic E-state index is 12.2. The largest absolute Gasteiger partial charge is 0.493 e. The zero-order chi connectivity index (χ0) is 81.9. The number of aryl methyl sites for hydroxylation is 3. The topological polar surface area (TPSA) is 418 Å². The summed E-state index contributed by atoms with van der Waals surface area (Å²) in [4.78, 5) is 38.6. The van der Waals surface area contributed by atoms with Gasteiger partial charge in [-0.15, -0.1) is 0 Å². The molecule has 1 amide bonds. The number of thiocarbonyl (C=S) groups is 3. The molecule has 618 valence electrons. The van der Waals surface area contributed by atoms with Crippen LogP contribution in [0.3, 0.4) is 0 Å². The molecule has 23 nitrogen and oxygen atoms in total. The number of hydrogen-bond donors (Lipinski definition) is 17. The number of nitrogens with two attached hydrogens (primary N) is 2. The van der Waals surface area contributed by atoms with Gasteiger partial charge in [0.15, 0.2) is 11.6 Å². The first kappa shape index (κ1) is 102. The molecule has 0 aliphatic carbocycles. The number of carbonyl (C=O) groups excluding carboxylic acids is 3. The Morgan fingerprint density at radius 2 is 0.640 bits per heavy atom. The van der Waals surface area contributed by atoms with Crippen LogP contribution < -0.4 is 36.3 Å². The van der Waals surface area contributed by atoms with Crippen molar-refractivity contribution in [3.63, 3.8) is 0 Å². The molecule has 5 aromatic carbocycles. The molecule has 111 heavy (non-hydrogen) atoms. The van der Waals surface area contributed by atoms with E-state index < -0.39 is 5.91 Å². The van der Waals surface area contributed by atoms with E-state index in [-0.39, 0.29) is 122 Å². The normalized spacial score (nSPS) is 10.9. The maximum Gasteiger partial charge on any atom is 0.251 e. The lowest BCUT2D eigenvalue weighted by Gasteiger charge is -2.13. The molecule has 0 aromatic heterocycles. The fourth-order valence-corrected chi connectivity index (χ4v) is 11.1. The van der Waals surface area contributed by atoms with Crippen molar-refractivity contribution in [2.75, 3.05) is 132 Å². The minimum Gasteiger partial charge on any atom is -0.493 e. The van der Waals surface area contributed by atoms with E-state index >= 15 is 0 Å². The fraction of sp³-hybridized carbons (Fsp3) is 0.506. The van der Waals surface area contributed by atoms with Crippen molar-refractivity contribution < 1.29 is 95.0 Å². The van der Waals surface area contributed by atoms with Crippen molar-refractivity contribution in [1.29, 1.82) is 0 Å². The summed E-state index contributed by atoms with van der Waals surface area (Å²) in [6.45, 7) is 3.95. The maximum atomic E-state index is 12.2. The Kier molecular flexibility index (Phi) is 63.0. The zero-order valence-electron chi connectivity index (χ0n) is 64.7. The molecule has 0 atom stereocenters. The van der Waals surface area contributed by atoms with Gasteiger partial charge in [-0.3, -0.25) is 14.4 Å². The Labute approximate surface area is 673 Å². The summed E-state index contributed by atoms with van der Waals surface area (Å²) >= 11 is 16.3. The summed E-state index contributed by atoms with van der Waals surface area (Å²) in [7, 11) is 0. The average Bonchev–Trinajstić information content (AvgIpc) is 0.832. The number of nitrogens with one attached hydrogen (secondary N) is 2. The van der Waals surface area contributed by atoms with Crippen LogP contribution >= 0.6 is 36.7 Å². The van der Waals surface area contributed by atoms with Crippen molar-refractivity contribution in [3.05, 3.63) is 176 Å². The van der Waals surface area contributed by atoms with Gasteiger partial charge in [-0.1, -0.05) is 91.3 Å². The monoisotopic (exact) mass is 1600 g/mol. The van der Waals surface area contributed by atoms with Crippen LogP contribution in [0.15, 0.2) is 109 Å². The van der Waals surface area contributed by atoms with Crippen molar-refractivity contribution in [3.8, 4) is 17.2 Å². The summed E-state index contributed by atoms with van der Waals surface area (Å²) in [5.74, 6) is 1.04. The molecule has 0 unspecified atom stereocenters. The highest BCUT2D eigenvalue weighted by Crippen LogP contribution is 2.29. The Bertz CT molecular complexity index is 2880. The molecule has 0 aliphatic rings. The minimum absolute atomic E-state index is 0.00346. The van der Waals surface area contributed by atoms with Gasteiger partial charge in [0.2, 0.25) is 0 Å². The number of hydrogen-bond acceptors (Lipinski definition) is 24. The van der Waals surface area contributed by atoms with Crippen molar-refractivity contribution in [2.45, 2.75) is 148 Å². The number of ether oxygens (including phenoxy) is 3. The second kappa shape index (κ2) is 68.6. The van der Waals surface area contributed by atoms with E-state index in [1.165, 1.54) is 34.9 Å². The smallest absolute Gasteiger partial charge is 0.251 e. The first-order valence-electron chi connectivity index (χ1n) is 38.6. The van der Waals surface area contributed by atoms with Crippen molar-refractivity contribution in [2.24, 2.45) is 11.5 Å². The number of aliphatic hydroxyl groups excluding tert-OH is 13. The van der Waals surface area contributed by atoms with Gasteiger partial charge in [0.1, 0.15) is 22.2 Å². The van der Waals surface area contributed by atoms with Crippen LogP contribution in [0.4, 0.5) is 0 Å². The number of rotatable bonds is 55. The molecular weight excluding hydrogens is 1480 g/mol. The summed E-state index contributed by atoms with van der Waals surface area (Å²) in [6, 6.07) is 28.4. The quantitative estimate of drug-likeness (QED) is 0.00983. The molecule has 0 bridgehead atoms. The molecular formula is C85H126N4O19S3. The van der Waals surface area contributed by atoms with Gasteiger partial charge in [0, 0.05) is 168 Å². The lowest BCUT2D eigenvalue weighted by molar-refractivity contribution is 0.0944. The van der Waals surface area contributed by atoms with E-state index in [0.29, 0.717) is 150 Å². The van der Waals surface area contributed by atoms with Crippen molar-refractivity contribution >= 4 is 87.1 Å². The van der Waals surface area contributed by atoms with Gasteiger partial charge in [-0.25, -0.2) is 0 Å². The first-order chi connectivity index (χ1) is 53.9. The number of benzene rings is 5. The van der Waals surface area contributed by atoms with Crippen LogP contribution in [0.2, 0.25) is 0 Å². The molecule has 0 saturated carbocycles. The minimum atomic E-state index is -0.439. The Balaban J connectivity index is 0.000000695. The summed E-state index contributed by atoms with van der Waals surface area (Å²) in [5, 5.41) is 121. The number of unbranched alkanes of at least 4 members (excludes halogenated alkanes) is 3. The van der Waals surface area contributed by atoms with Crippen LogP contribution in [-0.2, 0) is 19.3 Å². The van der Waals surface area contributed by atoms with Crippen LogP contribution in [-0.4, -0.2) is 230 Å². The molecule has 0 heterocycles. The molecule has 0 fully saturated rings. The van der Waals surface area contributed by atoms with Gasteiger partial charge in [0.05, 0.1) is 33.0 Å². The molecule has 0 radical (unpaired) electrons. The van der Waals surface area contributed by atoms with E-state index in [2.05, 4.69) is 47.0 Å². The number of amides is 1. The Hall–Kier alpha value is -7.00. The van der Waals surface area contributed by atoms with E-state index in [1.807, 2.05) is 54.7 Å².